The molecule has 0 saturated carbocycles. The molecule has 23 heavy (non-hydrogen) atoms. The SMILES string of the molecule is COc1cc2nc(CC3CCNCC3)nc(OC)c2cc1OC. The van der Waals surface area contributed by atoms with E-state index in [9.17, 15) is 0 Å². The molecule has 2 aromatic rings. The quantitative estimate of drug-likeness (QED) is 0.912. The summed E-state index contributed by atoms with van der Waals surface area (Å²) < 4.78 is 16.2. The monoisotopic (exact) mass is 317 g/mol. The van der Waals surface area contributed by atoms with Crippen molar-refractivity contribution >= 4 is 10.9 Å². The smallest absolute Gasteiger partial charge is 0.224 e. The van der Waals surface area contributed by atoms with Crippen molar-refractivity contribution in [3.63, 3.8) is 0 Å². The van der Waals surface area contributed by atoms with E-state index in [1.807, 2.05) is 12.1 Å². The van der Waals surface area contributed by atoms with Gasteiger partial charge in [0.05, 0.1) is 32.2 Å². The van der Waals surface area contributed by atoms with Gasteiger partial charge in [0.15, 0.2) is 11.5 Å². The summed E-state index contributed by atoms with van der Waals surface area (Å²) in [4.78, 5) is 9.31. The Morgan fingerprint density at radius 1 is 1.00 bits per heavy atom. The Kier molecular flexibility index (Phi) is 4.81. The molecule has 0 amide bonds. The maximum absolute atomic E-state index is 5.47. The highest BCUT2D eigenvalue weighted by molar-refractivity contribution is 5.87. The van der Waals surface area contributed by atoms with Gasteiger partial charge in [-0.2, -0.15) is 4.98 Å². The van der Waals surface area contributed by atoms with E-state index < -0.39 is 0 Å². The number of hydrogen-bond acceptors (Lipinski definition) is 6. The molecule has 1 aliphatic heterocycles. The fourth-order valence-electron chi connectivity index (χ4n) is 3.06. The van der Waals surface area contributed by atoms with Gasteiger partial charge in [0.2, 0.25) is 5.88 Å². The van der Waals surface area contributed by atoms with E-state index in [2.05, 4.69) is 10.3 Å². The molecular formula is C17H23N3O3. The van der Waals surface area contributed by atoms with Crippen molar-refractivity contribution in [3.8, 4) is 17.4 Å². The largest absolute Gasteiger partial charge is 0.493 e. The lowest BCUT2D eigenvalue weighted by Crippen LogP contribution is -2.29. The summed E-state index contributed by atoms with van der Waals surface area (Å²) in [7, 11) is 4.87. The second kappa shape index (κ2) is 7.00. The topological polar surface area (TPSA) is 65.5 Å². The molecule has 1 aromatic heterocycles. The summed E-state index contributed by atoms with van der Waals surface area (Å²) in [5.74, 6) is 3.34. The molecular weight excluding hydrogens is 294 g/mol. The van der Waals surface area contributed by atoms with E-state index in [0.717, 1.165) is 49.1 Å². The third kappa shape index (κ3) is 3.32. The minimum Gasteiger partial charge on any atom is -0.493 e. The predicted octanol–water partition coefficient (Wildman–Crippen LogP) is 2.20. The van der Waals surface area contributed by atoms with Crippen LogP contribution < -0.4 is 19.5 Å². The van der Waals surface area contributed by atoms with Gasteiger partial charge < -0.3 is 19.5 Å². The summed E-state index contributed by atoms with van der Waals surface area (Å²) in [6.07, 6.45) is 3.20. The molecule has 0 bridgehead atoms. The number of nitrogens with zero attached hydrogens (tertiary/aromatic N) is 2. The van der Waals surface area contributed by atoms with Crippen molar-refractivity contribution in [2.75, 3.05) is 34.4 Å². The van der Waals surface area contributed by atoms with Crippen molar-refractivity contribution in [2.24, 2.45) is 5.92 Å². The van der Waals surface area contributed by atoms with E-state index >= 15 is 0 Å². The number of piperidine rings is 1. The lowest BCUT2D eigenvalue weighted by Gasteiger charge is -2.22. The minimum atomic E-state index is 0.583. The van der Waals surface area contributed by atoms with E-state index in [1.54, 1.807) is 21.3 Å². The van der Waals surface area contributed by atoms with Crippen LogP contribution in [0.4, 0.5) is 0 Å². The van der Waals surface area contributed by atoms with Crippen molar-refractivity contribution in [1.82, 2.24) is 15.3 Å². The average molecular weight is 317 g/mol. The Hall–Kier alpha value is -2.08. The standard InChI is InChI=1S/C17H23N3O3/c1-21-14-9-12-13(10-15(14)22-2)19-16(20-17(12)23-3)8-11-4-6-18-7-5-11/h9-11,18H,4-8H2,1-3H3. The number of methoxy groups -OCH3 is 3. The van der Waals surface area contributed by atoms with Gasteiger partial charge in [0.1, 0.15) is 5.82 Å². The highest BCUT2D eigenvalue weighted by Gasteiger charge is 2.18. The van der Waals surface area contributed by atoms with Crippen LogP contribution in [0.2, 0.25) is 0 Å². The van der Waals surface area contributed by atoms with Crippen molar-refractivity contribution in [3.05, 3.63) is 18.0 Å². The number of hydrogen-bond donors (Lipinski definition) is 1. The molecule has 0 aliphatic carbocycles. The first-order chi connectivity index (χ1) is 11.2. The molecule has 1 aromatic carbocycles. The Labute approximate surface area is 136 Å². The van der Waals surface area contributed by atoms with Gasteiger partial charge >= 0.3 is 0 Å². The maximum atomic E-state index is 5.47. The first-order valence-electron chi connectivity index (χ1n) is 7.92. The Morgan fingerprint density at radius 3 is 2.35 bits per heavy atom. The summed E-state index contributed by atoms with van der Waals surface area (Å²) in [6.45, 7) is 2.14. The molecule has 1 aliphatic rings. The predicted molar refractivity (Wildman–Crippen MR) is 88.5 cm³/mol. The van der Waals surface area contributed by atoms with E-state index in [-0.39, 0.29) is 0 Å². The molecule has 0 spiro atoms. The van der Waals surface area contributed by atoms with E-state index in [0.29, 0.717) is 23.3 Å². The average Bonchev–Trinajstić information content (AvgIpc) is 2.60. The van der Waals surface area contributed by atoms with Crippen LogP contribution >= 0.6 is 0 Å². The molecule has 2 heterocycles. The maximum Gasteiger partial charge on any atom is 0.224 e. The van der Waals surface area contributed by atoms with Crippen LogP contribution in [0.3, 0.4) is 0 Å². The molecule has 6 nitrogen and oxygen atoms in total. The Bertz CT molecular complexity index is 684. The fraction of sp³-hybridized carbons (Fsp3) is 0.529. The lowest BCUT2D eigenvalue weighted by molar-refractivity contribution is 0.354. The van der Waals surface area contributed by atoms with Crippen molar-refractivity contribution < 1.29 is 14.2 Å². The van der Waals surface area contributed by atoms with Gasteiger partial charge in [0.25, 0.3) is 0 Å². The number of fused-ring (bicyclic) bond motifs is 1. The second-order valence-electron chi connectivity index (χ2n) is 5.77. The van der Waals surface area contributed by atoms with Crippen molar-refractivity contribution in [1.29, 1.82) is 0 Å². The summed E-state index contributed by atoms with van der Waals surface area (Å²) >= 11 is 0. The van der Waals surface area contributed by atoms with Gasteiger partial charge in [-0.3, -0.25) is 0 Å². The highest BCUT2D eigenvalue weighted by atomic mass is 16.5. The van der Waals surface area contributed by atoms with Gasteiger partial charge in [-0.1, -0.05) is 0 Å². The summed E-state index contributed by atoms with van der Waals surface area (Å²) in [6, 6.07) is 3.74. The number of nitrogens with one attached hydrogen (secondary N) is 1. The van der Waals surface area contributed by atoms with Crippen LogP contribution in [-0.4, -0.2) is 44.4 Å². The molecule has 124 valence electrons. The minimum absolute atomic E-state index is 0.583. The fourth-order valence-corrected chi connectivity index (χ4v) is 3.06. The van der Waals surface area contributed by atoms with Gasteiger partial charge in [-0.05, 0) is 37.9 Å². The van der Waals surface area contributed by atoms with Crippen LogP contribution in [0.1, 0.15) is 18.7 Å². The highest BCUT2D eigenvalue weighted by Crippen LogP contribution is 2.35. The lowest BCUT2D eigenvalue weighted by atomic mass is 9.94. The molecule has 0 atom stereocenters. The van der Waals surface area contributed by atoms with Crippen LogP contribution in [0, 0.1) is 5.92 Å². The molecule has 1 N–H and O–H groups in total. The zero-order valence-corrected chi connectivity index (χ0v) is 13.9. The molecule has 1 saturated heterocycles. The third-order valence-electron chi connectivity index (χ3n) is 4.34. The van der Waals surface area contributed by atoms with Gasteiger partial charge in [0, 0.05) is 12.5 Å². The zero-order valence-electron chi connectivity index (χ0n) is 13.9. The summed E-state index contributed by atoms with van der Waals surface area (Å²) in [5, 5.41) is 4.22. The van der Waals surface area contributed by atoms with Crippen LogP contribution in [-0.2, 0) is 6.42 Å². The second-order valence-corrected chi connectivity index (χ2v) is 5.77. The molecule has 0 radical (unpaired) electrons. The number of ether oxygens (including phenoxy) is 3. The van der Waals surface area contributed by atoms with Crippen molar-refractivity contribution in [2.45, 2.75) is 19.3 Å². The number of benzene rings is 1. The van der Waals surface area contributed by atoms with E-state index in [1.165, 1.54) is 0 Å². The van der Waals surface area contributed by atoms with E-state index in [4.69, 9.17) is 19.2 Å². The van der Waals surface area contributed by atoms with Gasteiger partial charge in [-0.25, -0.2) is 4.98 Å². The zero-order chi connectivity index (χ0) is 16.2. The van der Waals surface area contributed by atoms with Crippen LogP contribution in [0.15, 0.2) is 12.1 Å². The molecule has 6 heteroatoms. The molecule has 0 unspecified atom stereocenters. The van der Waals surface area contributed by atoms with Crippen LogP contribution in [0.5, 0.6) is 17.4 Å². The first-order valence-corrected chi connectivity index (χ1v) is 7.92. The molecule has 1 fully saturated rings. The Balaban J connectivity index is 2.00. The number of aromatic nitrogens is 2. The van der Waals surface area contributed by atoms with Gasteiger partial charge in [-0.15, -0.1) is 0 Å². The third-order valence-corrected chi connectivity index (χ3v) is 4.34. The molecule has 3 rings (SSSR count). The first kappa shape index (κ1) is 15.8. The number of rotatable bonds is 5. The normalized spacial score (nSPS) is 15.6. The summed E-state index contributed by atoms with van der Waals surface area (Å²) in [5.41, 5.74) is 0.818. The Morgan fingerprint density at radius 2 is 1.70 bits per heavy atom. The van der Waals surface area contributed by atoms with Crippen LogP contribution in [0.25, 0.3) is 10.9 Å².